The first kappa shape index (κ1) is 8.54. The number of carbonyl (C=O) groups excluding carboxylic acids is 1. The Balaban J connectivity index is 2.19. The van der Waals surface area contributed by atoms with Gasteiger partial charge in [-0.25, -0.2) is 0 Å². The first-order valence-electron chi connectivity index (χ1n) is 4.92. The molecule has 2 heteroatoms. The molecule has 0 atom stereocenters. The molecule has 0 aromatic rings. The maximum Gasteiger partial charge on any atom is 0.157 e. The van der Waals surface area contributed by atoms with E-state index in [1.807, 2.05) is 0 Å². The van der Waals surface area contributed by atoms with Gasteiger partial charge in [-0.1, -0.05) is 12.2 Å². The Bertz CT molecular complexity index is 280. The number of allylic oxidation sites excluding steroid dienone is 2. The van der Waals surface area contributed by atoms with Crippen LogP contribution < -0.4 is 0 Å². The fourth-order valence-electron chi connectivity index (χ4n) is 2.15. The average Bonchev–Trinajstić information content (AvgIpc) is 2.74. The second-order valence-electron chi connectivity index (χ2n) is 3.71. The van der Waals surface area contributed by atoms with E-state index in [4.69, 9.17) is 0 Å². The van der Waals surface area contributed by atoms with E-state index in [2.05, 4.69) is 17.1 Å². The van der Waals surface area contributed by atoms with Gasteiger partial charge in [0.15, 0.2) is 5.78 Å². The van der Waals surface area contributed by atoms with Gasteiger partial charge in [0.25, 0.3) is 0 Å². The van der Waals surface area contributed by atoms with Gasteiger partial charge in [-0.3, -0.25) is 4.79 Å². The van der Waals surface area contributed by atoms with E-state index in [1.54, 1.807) is 6.92 Å². The normalized spacial score (nSPS) is 21.8. The predicted octanol–water partition coefficient (Wildman–Crippen LogP) is 1.89. The third-order valence-electron chi connectivity index (χ3n) is 2.81. The Morgan fingerprint density at radius 3 is 2.62 bits per heavy atom. The van der Waals surface area contributed by atoms with Crippen LogP contribution in [0.25, 0.3) is 0 Å². The standard InChI is InChI=1S/C11H15NO/c1-9(13)10-5-4-6-11(10)12-7-2-3-8-12/h2-3H,4-8H2,1H3. The molecule has 0 saturated heterocycles. The molecule has 1 aliphatic heterocycles. The predicted molar refractivity (Wildman–Crippen MR) is 52.3 cm³/mol. The number of hydrogen-bond acceptors (Lipinski definition) is 2. The largest absolute Gasteiger partial charge is 0.367 e. The summed E-state index contributed by atoms with van der Waals surface area (Å²) < 4.78 is 0. The lowest BCUT2D eigenvalue weighted by molar-refractivity contribution is -0.113. The lowest BCUT2D eigenvalue weighted by atomic mass is 10.1. The number of nitrogens with zero attached hydrogens (tertiary/aromatic N) is 1. The molecule has 70 valence electrons. The van der Waals surface area contributed by atoms with Crippen molar-refractivity contribution in [2.45, 2.75) is 26.2 Å². The molecular formula is C11H15NO. The van der Waals surface area contributed by atoms with Gasteiger partial charge in [-0.15, -0.1) is 0 Å². The van der Waals surface area contributed by atoms with Crippen molar-refractivity contribution in [2.24, 2.45) is 0 Å². The molecule has 0 aromatic carbocycles. The molecule has 2 nitrogen and oxygen atoms in total. The summed E-state index contributed by atoms with van der Waals surface area (Å²) in [5.74, 6) is 0.263. The highest BCUT2D eigenvalue weighted by atomic mass is 16.1. The molecule has 0 spiro atoms. The van der Waals surface area contributed by atoms with Gasteiger partial charge in [0.2, 0.25) is 0 Å². The average molecular weight is 177 g/mol. The minimum Gasteiger partial charge on any atom is -0.367 e. The first-order chi connectivity index (χ1) is 6.29. The number of hydrogen-bond donors (Lipinski definition) is 0. The summed E-state index contributed by atoms with van der Waals surface area (Å²) >= 11 is 0. The molecule has 13 heavy (non-hydrogen) atoms. The second kappa shape index (κ2) is 3.36. The van der Waals surface area contributed by atoms with Crippen molar-refractivity contribution in [3.63, 3.8) is 0 Å². The zero-order valence-corrected chi connectivity index (χ0v) is 8.05. The van der Waals surface area contributed by atoms with Crippen molar-refractivity contribution < 1.29 is 4.79 Å². The van der Waals surface area contributed by atoms with E-state index in [-0.39, 0.29) is 5.78 Å². The molecule has 0 amide bonds. The van der Waals surface area contributed by atoms with Crippen molar-refractivity contribution in [1.29, 1.82) is 0 Å². The zero-order valence-electron chi connectivity index (χ0n) is 8.05. The van der Waals surface area contributed by atoms with Gasteiger partial charge in [0.05, 0.1) is 0 Å². The zero-order chi connectivity index (χ0) is 9.26. The van der Waals surface area contributed by atoms with Crippen LogP contribution in [0.4, 0.5) is 0 Å². The minimum atomic E-state index is 0.263. The summed E-state index contributed by atoms with van der Waals surface area (Å²) in [6, 6.07) is 0. The molecule has 0 saturated carbocycles. The van der Waals surface area contributed by atoms with Crippen LogP contribution in [-0.2, 0) is 4.79 Å². The van der Waals surface area contributed by atoms with Gasteiger partial charge in [-0.05, 0) is 26.2 Å². The van der Waals surface area contributed by atoms with E-state index >= 15 is 0 Å². The van der Waals surface area contributed by atoms with Crippen LogP contribution in [0.1, 0.15) is 26.2 Å². The van der Waals surface area contributed by atoms with Crippen LogP contribution in [0.5, 0.6) is 0 Å². The molecule has 0 N–H and O–H groups in total. The minimum absolute atomic E-state index is 0.263. The highest BCUT2D eigenvalue weighted by Crippen LogP contribution is 2.30. The van der Waals surface area contributed by atoms with Crippen LogP contribution >= 0.6 is 0 Å². The number of rotatable bonds is 2. The highest BCUT2D eigenvalue weighted by Gasteiger charge is 2.22. The van der Waals surface area contributed by atoms with Crippen molar-refractivity contribution in [2.75, 3.05) is 13.1 Å². The summed E-state index contributed by atoms with van der Waals surface area (Å²) in [5, 5.41) is 0. The topological polar surface area (TPSA) is 20.3 Å². The second-order valence-corrected chi connectivity index (χ2v) is 3.71. The van der Waals surface area contributed by atoms with Gasteiger partial charge in [0, 0.05) is 24.4 Å². The van der Waals surface area contributed by atoms with E-state index in [0.717, 1.165) is 37.9 Å². The quantitative estimate of drug-likeness (QED) is 0.600. The fourth-order valence-corrected chi connectivity index (χ4v) is 2.15. The summed E-state index contributed by atoms with van der Waals surface area (Å²) in [4.78, 5) is 13.6. The highest BCUT2D eigenvalue weighted by molar-refractivity contribution is 5.94. The number of Topliss-reactive ketones (excluding diaryl/α,β-unsaturated/α-hetero) is 1. The first-order valence-corrected chi connectivity index (χ1v) is 4.92. The molecule has 1 heterocycles. The van der Waals surface area contributed by atoms with Crippen molar-refractivity contribution in [3.05, 3.63) is 23.4 Å². The van der Waals surface area contributed by atoms with Gasteiger partial charge in [-0.2, -0.15) is 0 Å². The molecular weight excluding hydrogens is 162 g/mol. The van der Waals surface area contributed by atoms with Crippen molar-refractivity contribution in [3.8, 4) is 0 Å². The van der Waals surface area contributed by atoms with E-state index in [9.17, 15) is 4.79 Å². The lowest BCUT2D eigenvalue weighted by Crippen LogP contribution is -2.20. The third-order valence-corrected chi connectivity index (χ3v) is 2.81. The summed E-state index contributed by atoms with van der Waals surface area (Å²) in [6.45, 7) is 3.67. The summed E-state index contributed by atoms with van der Waals surface area (Å²) in [6.07, 6.45) is 7.57. The Morgan fingerprint density at radius 1 is 1.31 bits per heavy atom. The summed E-state index contributed by atoms with van der Waals surface area (Å²) in [7, 11) is 0. The molecule has 0 bridgehead atoms. The molecule has 1 aliphatic carbocycles. The van der Waals surface area contributed by atoms with Gasteiger partial charge < -0.3 is 4.90 Å². The Morgan fingerprint density at radius 2 is 2.00 bits per heavy atom. The Kier molecular flexibility index (Phi) is 2.21. The van der Waals surface area contributed by atoms with Crippen LogP contribution in [0.2, 0.25) is 0 Å². The van der Waals surface area contributed by atoms with Crippen LogP contribution in [0.3, 0.4) is 0 Å². The third kappa shape index (κ3) is 1.53. The molecule has 0 fully saturated rings. The van der Waals surface area contributed by atoms with Crippen LogP contribution in [0, 0.1) is 0 Å². The molecule has 2 rings (SSSR count). The Labute approximate surface area is 78.9 Å². The number of ketones is 1. The molecule has 2 aliphatic rings. The Hall–Kier alpha value is -1.05. The van der Waals surface area contributed by atoms with Gasteiger partial charge >= 0.3 is 0 Å². The fraction of sp³-hybridized carbons (Fsp3) is 0.545. The smallest absolute Gasteiger partial charge is 0.157 e. The number of carbonyl (C=O) groups is 1. The SMILES string of the molecule is CC(=O)C1=C(N2CC=CC2)CCC1. The van der Waals surface area contributed by atoms with Gasteiger partial charge in [0.1, 0.15) is 0 Å². The maximum absolute atomic E-state index is 11.3. The van der Waals surface area contributed by atoms with E-state index < -0.39 is 0 Å². The lowest BCUT2D eigenvalue weighted by Gasteiger charge is -2.20. The molecule has 0 aromatic heterocycles. The van der Waals surface area contributed by atoms with E-state index in [1.165, 1.54) is 5.70 Å². The van der Waals surface area contributed by atoms with Crippen molar-refractivity contribution in [1.82, 2.24) is 4.90 Å². The van der Waals surface area contributed by atoms with Crippen molar-refractivity contribution >= 4 is 5.78 Å². The molecule has 0 radical (unpaired) electrons. The maximum atomic E-state index is 11.3. The molecule has 0 unspecified atom stereocenters. The summed E-state index contributed by atoms with van der Waals surface area (Å²) in [5.41, 5.74) is 2.38. The monoisotopic (exact) mass is 177 g/mol. The van der Waals surface area contributed by atoms with Crippen LogP contribution in [0.15, 0.2) is 23.4 Å². The van der Waals surface area contributed by atoms with Crippen LogP contribution in [-0.4, -0.2) is 23.8 Å². The van der Waals surface area contributed by atoms with E-state index in [0.29, 0.717) is 0 Å².